The third kappa shape index (κ3) is 3.67. The fourth-order valence-electron chi connectivity index (χ4n) is 5.59. The molecule has 1 aromatic heterocycles. The number of amides is 2. The molecule has 1 aromatic carbocycles. The van der Waals surface area contributed by atoms with Gasteiger partial charge in [-0.1, -0.05) is 19.9 Å². The summed E-state index contributed by atoms with van der Waals surface area (Å²) in [5, 5.41) is 3.79. The van der Waals surface area contributed by atoms with Gasteiger partial charge in [-0.15, -0.1) is 0 Å². The van der Waals surface area contributed by atoms with Gasteiger partial charge in [0, 0.05) is 24.9 Å². The molecule has 0 spiro atoms. The number of carbonyl (C=O) groups is 2. The average molecular weight is 424 g/mol. The van der Waals surface area contributed by atoms with Crippen molar-refractivity contribution in [3.63, 3.8) is 0 Å². The Morgan fingerprint density at radius 1 is 1.19 bits per heavy atom. The number of rotatable bonds is 4. The molecule has 0 saturated carbocycles. The van der Waals surface area contributed by atoms with Gasteiger partial charge >= 0.3 is 0 Å². The van der Waals surface area contributed by atoms with Crippen molar-refractivity contribution in [2.24, 2.45) is 0 Å². The maximum atomic E-state index is 13.3. The van der Waals surface area contributed by atoms with Gasteiger partial charge in [-0.2, -0.15) is 0 Å². The van der Waals surface area contributed by atoms with Crippen LogP contribution in [0.5, 0.6) is 0 Å². The summed E-state index contributed by atoms with van der Waals surface area (Å²) in [6.45, 7) is 9.54. The Balaban J connectivity index is 1.81. The van der Waals surface area contributed by atoms with E-state index in [0.29, 0.717) is 18.2 Å². The highest BCUT2D eigenvalue weighted by molar-refractivity contribution is 6.09. The molecule has 2 aliphatic rings. The molecule has 1 N–H and O–H groups in total. The maximum absolute atomic E-state index is 13.3. The van der Waals surface area contributed by atoms with Gasteiger partial charge in [-0.05, 0) is 69.0 Å². The zero-order chi connectivity index (χ0) is 22.2. The topological polar surface area (TPSA) is 65.8 Å². The van der Waals surface area contributed by atoms with Gasteiger partial charge in [0.2, 0.25) is 5.91 Å². The number of piperidine rings is 1. The predicted octanol–water partition coefficient (Wildman–Crippen LogP) is 4.71. The lowest BCUT2D eigenvalue weighted by Gasteiger charge is -2.46. The van der Waals surface area contributed by atoms with E-state index in [1.54, 1.807) is 28.9 Å². The van der Waals surface area contributed by atoms with Gasteiger partial charge in [0.15, 0.2) is 5.76 Å². The number of furan rings is 1. The van der Waals surface area contributed by atoms with E-state index in [9.17, 15) is 9.59 Å². The quantitative estimate of drug-likeness (QED) is 0.774. The van der Waals surface area contributed by atoms with Gasteiger partial charge in [0.05, 0.1) is 23.7 Å². The van der Waals surface area contributed by atoms with Crippen LogP contribution >= 0.6 is 0 Å². The Morgan fingerprint density at radius 3 is 2.61 bits per heavy atom. The van der Waals surface area contributed by atoms with Crippen LogP contribution in [0.4, 0.5) is 11.4 Å². The van der Waals surface area contributed by atoms with Crippen LogP contribution in [0.1, 0.15) is 75.4 Å². The zero-order valence-electron chi connectivity index (χ0n) is 19.0. The van der Waals surface area contributed by atoms with Gasteiger partial charge < -0.3 is 19.5 Å². The van der Waals surface area contributed by atoms with Crippen molar-refractivity contribution >= 4 is 23.2 Å². The first-order chi connectivity index (χ1) is 14.9. The van der Waals surface area contributed by atoms with E-state index in [-0.39, 0.29) is 23.4 Å². The van der Waals surface area contributed by atoms with E-state index < -0.39 is 0 Å². The van der Waals surface area contributed by atoms with Crippen LogP contribution in [0.25, 0.3) is 0 Å². The second-order valence-corrected chi connectivity index (χ2v) is 8.86. The average Bonchev–Trinajstić information content (AvgIpc) is 3.32. The van der Waals surface area contributed by atoms with Crippen LogP contribution < -0.4 is 15.1 Å². The van der Waals surface area contributed by atoms with Crippen LogP contribution in [0.3, 0.4) is 0 Å². The Hall–Kier alpha value is -2.60. The highest BCUT2D eigenvalue weighted by Crippen LogP contribution is 2.44. The fourth-order valence-corrected chi connectivity index (χ4v) is 5.59. The summed E-state index contributed by atoms with van der Waals surface area (Å²) in [4.78, 5) is 29.3. The van der Waals surface area contributed by atoms with Crippen LogP contribution in [-0.2, 0) is 4.79 Å². The molecule has 0 radical (unpaired) electrons. The summed E-state index contributed by atoms with van der Waals surface area (Å²) in [6, 6.07) is 9.61. The standard InChI is InChI=1S/C25H33N3O3/c1-5-25(6-2)20(9-7-13-26-25)19-11-12-21-22(15-19)27(16-17(3)28(21)18(4)29)24(30)23-10-8-14-31-23/h8,10-12,14-15,17,20,26H,5-7,9,13,16H2,1-4H3/t17-,20?/m0/s1. The second-order valence-electron chi connectivity index (χ2n) is 8.86. The minimum absolute atomic E-state index is 0.0117. The van der Waals surface area contributed by atoms with Gasteiger partial charge in [0.1, 0.15) is 0 Å². The summed E-state index contributed by atoms with van der Waals surface area (Å²) >= 11 is 0. The smallest absolute Gasteiger partial charge is 0.294 e. The third-order valence-corrected chi connectivity index (χ3v) is 7.23. The normalized spacial score (nSPS) is 22.8. The molecule has 1 saturated heterocycles. The minimum atomic E-state index is -0.169. The van der Waals surface area contributed by atoms with Gasteiger partial charge in [-0.25, -0.2) is 0 Å². The van der Waals surface area contributed by atoms with Crippen molar-refractivity contribution < 1.29 is 14.0 Å². The van der Waals surface area contributed by atoms with Crippen molar-refractivity contribution in [1.29, 1.82) is 0 Å². The Bertz CT molecular complexity index is 949. The molecule has 2 aliphatic heterocycles. The van der Waals surface area contributed by atoms with Gasteiger partial charge in [0.25, 0.3) is 5.91 Å². The SMILES string of the molecule is CCC1(CC)NCCCC1c1ccc2c(c1)N(C(=O)c1ccco1)C[C@H](C)N2C(C)=O. The van der Waals surface area contributed by atoms with Crippen molar-refractivity contribution in [3.05, 3.63) is 47.9 Å². The van der Waals surface area contributed by atoms with Crippen LogP contribution in [0.2, 0.25) is 0 Å². The molecule has 2 atom stereocenters. The van der Waals surface area contributed by atoms with E-state index >= 15 is 0 Å². The molecule has 0 bridgehead atoms. The number of hydrogen-bond acceptors (Lipinski definition) is 4. The molecule has 3 heterocycles. The molecule has 166 valence electrons. The molecule has 6 heteroatoms. The number of benzene rings is 1. The van der Waals surface area contributed by atoms with E-state index in [2.05, 4.69) is 31.3 Å². The molecule has 31 heavy (non-hydrogen) atoms. The lowest BCUT2D eigenvalue weighted by molar-refractivity contribution is -0.117. The molecule has 1 fully saturated rings. The molecule has 0 aliphatic carbocycles. The number of anilines is 2. The summed E-state index contributed by atoms with van der Waals surface area (Å²) in [5.74, 6) is 0.503. The molecular weight excluding hydrogens is 390 g/mol. The highest BCUT2D eigenvalue weighted by atomic mass is 16.3. The Morgan fingerprint density at radius 2 is 1.97 bits per heavy atom. The number of fused-ring (bicyclic) bond motifs is 1. The number of nitrogens with one attached hydrogen (secondary N) is 1. The summed E-state index contributed by atoms with van der Waals surface area (Å²) in [7, 11) is 0. The number of carbonyl (C=O) groups excluding carboxylic acids is 2. The van der Waals surface area contributed by atoms with Gasteiger partial charge in [-0.3, -0.25) is 9.59 Å². The molecule has 2 aromatic rings. The summed E-state index contributed by atoms with van der Waals surface area (Å²) in [6.07, 6.45) is 5.87. The van der Waals surface area contributed by atoms with Crippen molar-refractivity contribution in [2.75, 3.05) is 22.9 Å². The van der Waals surface area contributed by atoms with Crippen LogP contribution in [-0.4, -0.2) is 36.5 Å². The highest BCUT2D eigenvalue weighted by Gasteiger charge is 2.40. The summed E-state index contributed by atoms with van der Waals surface area (Å²) < 4.78 is 5.41. The monoisotopic (exact) mass is 423 g/mol. The first-order valence-corrected chi connectivity index (χ1v) is 11.5. The third-order valence-electron chi connectivity index (χ3n) is 7.23. The van der Waals surface area contributed by atoms with E-state index in [4.69, 9.17) is 4.42 Å². The summed E-state index contributed by atoms with van der Waals surface area (Å²) in [5.41, 5.74) is 2.87. The van der Waals surface area contributed by atoms with Crippen LogP contribution in [0.15, 0.2) is 41.0 Å². The Kier molecular flexibility index (Phi) is 5.93. The largest absolute Gasteiger partial charge is 0.459 e. The lowest BCUT2D eigenvalue weighted by atomic mass is 9.71. The molecular formula is C25H33N3O3. The van der Waals surface area contributed by atoms with Crippen molar-refractivity contribution in [1.82, 2.24) is 5.32 Å². The van der Waals surface area contributed by atoms with Crippen molar-refractivity contribution in [3.8, 4) is 0 Å². The zero-order valence-corrected chi connectivity index (χ0v) is 19.0. The van der Waals surface area contributed by atoms with E-state index in [1.807, 2.05) is 13.0 Å². The number of nitrogens with zero attached hydrogens (tertiary/aromatic N) is 2. The minimum Gasteiger partial charge on any atom is -0.459 e. The molecule has 4 rings (SSSR count). The van der Waals surface area contributed by atoms with Crippen LogP contribution in [0, 0.1) is 0 Å². The number of hydrogen-bond donors (Lipinski definition) is 1. The molecule has 1 unspecified atom stereocenters. The van der Waals surface area contributed by atoms with Crippen molar-refractivity contribution in [2.45, 2.75) is 70.9 Å². The molecule has 6 nitrogen and oxygen atoms in total. The lowest BCUT2D eigenvalue weighted by Crippen LogP contribution is -2.53. The predicted molar refractivity (Wildman–Crippen MR) is 123 cm³/mol. The van der Waals surface area contributed by atoms with E-state index in [0.717, 1.165) is 43.6 Å². The maximum Gasteiger partial charge on any atom is 0.294 e. The van der Waals surface area contributed by atoms with E-state index in [1.165, 1.54) is 11.8 Å². The second kappa shape index (κ2) is 8.50. The first-order valence-electron chi connectivity index (χ1n) is 11.5. The Labute approximate surface area is 184 Å². The molecule has 2 amide bonds. The fraction of sp³-hybridized carbons (Fsp3) is 0.520. The first kappa shape index (κ1) is 21.6.